The Morgan fingerprint density at radius 3 is 2.14 bits per heavy atom. The molecule has 0 spiro atoms. The number of ether oxygens (including phenoxy) is 4. The summed E-state index contributed by atoms with van der Waals surface area (Å²) in [4.78, 5) is 24.9. The minimum atomic E-state index is -0.870. The lowest BCUT2D eigenvalue weighted by atomic mass is 9.89. The number of fused-ring (bicyclic) bond motifs is 1. The number of hydrogen-bond acceptors (Lipinski definition) is 10. The Bertz CT molecular complexity index is 1120. The topological polar surface area (TPSA) is 122 Å². The fourth-order valence-electron chi connectivity index (χ4n) is 4.32. The Balaban J connectivity index is 1.71. The lowest BCUT2D eigenvalue weighted by Gasteiger charge is -2.30. The highest BCUT2D eigenvalue weighted by Gasteiger charge is 2.37. The van der Waals surface area contributed by atoms with E-state index in [9.17, 15) is 9.59 Å². The highest BCUT2D eigenvalue weighted by atomic mass is 16.7. The van der Waals surface area contributed by atoms with E-state index in [1.165, 1.54) is 32.1 Å². The van der Waals surface area contributed by atoms with E-state index in [-0.39, 0.29) is 24.7 Å². The quantitative estimate of drug-likeness (QED) is 0.224. The lowest BCUT2D eigenvalue weighted by Crippen LogP contribution is -2.29. The second-order valence-electron chi connectivity index (χ2n) is 8.98. The Morgan fingerprint density at radius 2 is 1.49 bits per heavy atom. The van der Waals surface area contributed by atoms with E-state index in [0.29, 0.717) is 28.0 Å². The van der Waals surface area contributed by atoms with Crippen LogP contribution in [0.2, 0.25) is 0 Å². The Kier molecular flexibility index (Phi) is 10.8. The number of nitrogens with zero attached hydrogens (tertiary/aromatic N) is 2. The molecule has 1 unspecified atom stereocenters. The number of dihydropyridines is 1. The zero-order chi connectivity index (χ0) is 26.6. The van der Waals surface area contributed by atoms with E-state index in [1.807, 2.05) is 0 Å². The minimum Gasteiger partial charge on any atom is -0.434 e. The summed E-state index contributed by atoms with van der Waals surface area (Å²) >= 11 is 0. The number of hydrogen-bond donors (Lipinski definition) is 1. The molecule has 0 fully saturated rings. The lowest BCUT2D eigenvalue weighted by molar-refractivity contribution is 0.0619. The van der Waals surface area contributed by atoms with Crippen LogP contribution in [0.4, 0.5) is 9.59 Å². The monoisotopic (exact) mass is 515 g/mol. The number of nitrogens with one attached hydrogen (secondary N) is 1. The van der Waals surface area contributed by atoms with Crippen molar-refractivity contribution in [3.8, 4) is 0 Å². The van der Waals surface area contributed by atoms with Gasteiger partial charge in [0, 0.05) is 5.56 Å². The van der Waals surface area contributed by atoms with Gasteiger partial charge in [0.05, 0.1) is 24.6 Å². The molecular weight excluding hydrogens is 478 g/mol. The van der Waals surface area contributed by atoms with Crippen molar-refractivity contribution in [1.29, 1.82) is 0 Å². The summed E-state index contributed by atoms with van der Waals surface area (Å²) in [6.45, 7) is 7.82. The molecule has 1 aliphatic rings. The third kappa shape index (κ3) is 7.71. The van der Waals surface area contributed by atoms with Crippen molar-refractivity contribution in [2.75, 3.05) is 13.2 Å². The zero-order valence-corrected chi connectivity index (χ0v) is 22.1. The summed E-state index contributed by atoms with van der Waals surface area (Å²) in [5.41, 5.74) is 2.68. The van der Waals surface area contributed by atoms with Crippen molar-refractivity contribution >= 4 is 23.3 Å². The first-order valence-corrected chi connectivity index (χ1v) is 13.0. The van der Waals surface area contributed by atoms with E-state index < -0.39 is 18.2 Å². The molecule has 0 amide bonds. The van der Waals surface area contributed by atoms with Gasteiger partial charge in [-0.25, -0.2) is 14.2 Å². The molecule has 1 atom stereocenters. The highest BCUT2D eigenvalue weighted by Crippen LogP contribution is 2.41. The summed E-state index contributed by atoms with van der Waals surface area (Å²) in [6, 6.07) is 5.30. The molecular formula is C27H37N3O7. The molecule has 10 heteroatoms. The van der Waals surface area contributed by atoms with E-state index in [2.05, 4.69) is 22.6 Å². The van der Waals surface area contributed by atoms with Crippen LogP contribution < -0.4 is 5.32 Å². The molecule has 2 heterocycles. The molecule has 0 bridgehead atoms. The zero-order valence-electron chi connectivity index (χ0n) is 22.1. The SMILES string of the molecule is CCCCCCCCCCOC(=O)OC1=C(C)NC(C)=C(OC(=O)OCC)C1c1cccc2nonc12. The number of allylic oxidation sites excluding steroid dienone is 2. The van der Waals surface area contributed by atoms with Crippen LogP contribution in [0.1, 0.15) is 90.5 Å². The van der Waals surface area contributed by atoms with Crippen LogP contribution in [0.25, 0.3) is 11.0 Å². The van der Waals surface area contributed by atoms with Crippen molar-refractivity contribution in [3.05, 3.63) is 46.7 Å². The van der Waals surface area contributed by atoms with Gasteiger partial charge < -0.3 is 24.3 Å². The van der Waals surface area contributed by atoms with Crippen LogP contribution in [0.5, 0.6) is 0 Å². The van der Waals surface area contributed by atoms with Gasteiger partial charge in [0.2, 0.25) is 0 Å². The molecule has 2 aromatic rings. The van der Waals surface area contributed by atoms with Gasteiger partial charge in [-0.05, 0) is 43.6 Å². The number of benzene rings is 1. The smallest absolute Gasteiger partial charge is 0.434 e. The average molecular weight is 516 g/mol. The van der Waals surface area contributed by atoms with Crippen molar-refractivity contribution in [2.24, 2.45) is 0 Å². The molecule has 37 heavy (non-hydrogen) atoms. The van der Waals surface area contributed by atoms with Crippen LogP contribution >= 0.6 is 0 Å². The Labute approximate surface area is 217 Å². The molecule has 10 nitrogen and oxygen atoms in total. The molecule has 0 aliphatic carbocycles. The van der Waals surface area contributed by atoms with Crippen LogP contribution in [-0.2, 0) is 18.9 Å². The average Bonchev–Trinajstić information content (AvgIpc) is 3.35. The number of rotatable bonds is 13. The summed E-state index contributed by atoms with van der Waals surface area (Å²) < 4.78 is 26.5. The highest BCUT2D eigenvalue weighted by molar-refractivity contribution is 5.79. The van der Waals surface area contributed by atoms with E-state index >= 15 is 0 Å². The second-order valence-corrected chi connectivity index (χ2v) is 8.98. The minimum absolute atomic E-state index is 0.148. The van der Waals surface area contributed by atoms with Gasteiger partial charge in [0.1, 0.15) is 28.5 Å². The molecule has 202 valence electrons. The molecule has 1 aromatic heterocycles. The molecule has 1 aromatic carbocycles. The fourth-order valence-corrected chi connectivity index (χ4v) is 4.32. The van der Waals surface area contributed by atoms with Gasteiger partial charge in [-0.2, -0.15) is 0 Å². The number of carbonyl (C=O) groups is 2. The molecule has 0 radical (unpaired) electrons. The van der Waals surface area contributed by atoms with Gasteiger partial charge >= 0.3 is 12.3 Å². The van der Waals surface area contributed by atoms with Crippen LogP contribution in [0, 0.1) is 0 Å². The third-order valence-electron chi connectivity index (χ3n) is 6.13. The molecule has 1 N–H and O–H groups in total. The summed E-state index contributed by atoms with van der Waals surface area (Å²) in [7, 11) is 0. The maximum atomic E-state index is 12.7. The van der Waals surface area contributed by atoms with Crippen LogP contribution in [0.15, 0.2) is 45.7 Å². The molecule has 0 saturated carbocycles. The van der Waals surface area contributed by atoms with Crippen LogP contribution in [-0.4, -0.2) is 35.8 Å². The summed E-state index contributed by atoms with van der Waals surface area (Å²) in [5, 5.41) is 11.0. The molecule has 3 rings (SSSR count). The normalized spacial score (nSPS) is 15.5. The third-order valence-corrected chi connectivity index (χ3v) is 6.13. The fraction of sp³-hybridized carbons (Fsp3) is 0.556. The summed E-state index contributed by atoms with van der Waals surface area (Å²) in [6.07, 6.45) is 7.41. The number of aromatic nitrogens is 2. The maximum absolute atomic E-state index is 12.7. The largest absolute Gasteiger partial charge is 0.513 e. The van der Waals surface area contributed by atoms with Crippen molar-refractivity contribution < 1.29 is 33.2 Å². The van der Waals surface area contributed by atoms with Gasteiger partial charge in [-0.15, -0.1) is 0 Å². The van der Waals surface area contributed by atoms with Crippen molar-refractivity contribution in [2.45, 2.75) is 85.0 Å². The predicted molar refractivity (Wildman–Crippen MR) is 136 cm³/mol. The van der Waals surface area contributed by atoms with Gasteiger partial charge in [0.25, 0.3) is 0 Å². The number of unbranched alkanes of at least 4 members (excludes halogenated alkanes) is 7. The van der Waals surface area contributed by atoms with E-state index in [0.717, 1.165) is 19.3 Å². The van der Waals surface area contributed by atoms with Gasteiger partial charge in [-0.1, -0.05) is 64.0 Å². The first-order valence-electron chi connectivity index (χ1n) is 13.0. The van der Waals surface area contributed by atoms with Crippen molar-refractivity contribution in [1.82, 2.24) is 15.6 Å². The van der Waals surface area contributed by atoms with Crippen LogP contribution in [0.3, 0.4) is 0 Å². The van der Waals surface area contributed by atoms with E-state index in [4.69, 9.17) is 23.6 Å². The Hall–Kier alpha value is -3.56. The standard InChI is InChI=1S/C27H37N3O7/c1-5-7-8-9-10-11-12-13-17-34-27(32)36-25-19(4)28-18(3)24(35-26(31)33-6-2)22(25)20-15-14-16-21-23(20)30-37-29-21/h14-16,22,28H,5-13,17H2,1-4H3. The van der Waals surface area contributed by atoms with Crippen molar-refractivity contribution in [3.63, 3.8) is 0 Å². The number of carbonyl (C=O) groups excluding carboxylic acids is 2. The second kappa shape index (κ2) is 14.2. The molecule has 1 aliphatic heterocycles. The first-order chi connectivity index (χ1) is 18.0. The summed E-state index contributed by atoms with van der Waals surface area (Å²) in [5.74, 6) is -0.358. The van der Waals surface area contributed by atoms with E-state index in [1.54, 1.807) is 39.0 Å². The first kappa shape index (κ1) is 28.0. The van der Waals surface area contributed by atoms with Gasteiger partial charge in [-0.3, -0.25) is 0 Å². The Morgan fingerprint density at radius 1 is 0.865 bits per heavy atom. The predicted octanol–water partition coefficient (Wildman–Crippen LogP) is 6.84. The molecule has 0 saturated heterocycles. The van der Waals surface area contributed by atoms with Gasteiger partial charge in [0.15, 0.2) is 0 Å². The maximum Gasteiger partial charge on any atom is 0.513 e.